The Morgan fingerprint density at radius 1 is 1.17 bits per heavy atom. The van der Waals surface area contributed by atoms with Gasteiger partial charge in [-0.3, -0.25) is 18.7 Å². The third kappa shape index (κ3) is 5.30. The van der Waals surface area contributed by atoms with Gasteiger partial charge in [0.25, 0.3) is 11.8 Å². The van der Waals surface area contributed by atoms with E-state index in [0.29, 0.717) is 16.3 Å². The van der Waals surface area contributed by atoms with E-state index in [0.717, 1.165) is 12.8 Å². The monoisotopic (exact) mass is 551 g/mol. The molecular formula is C23H23Cl2N5O5S. The number of rotatable bonds is 7. The third-order valence-electron chi connectivity index (χ3n) is 5.75. The lowest BCUT2D eigenvalue weighted by Gasteiger charge is -2.45. The Kier molecular flexibility index (Phi) is 6.60. The number of nitrogens with zero attached hydrogens (tertiary/aromatic N) is 3. The largest absolute Gasteiger partial charge is 0.470 e. The van der Waals surface area contributed by atoms with Crippen molar-refractivity contribution in [1.82, 2.24) is 20.1 Å². The number of aromatic nitrogens is 3. The van der Waals surface area contributed by atoms with E-state index in [1.54, 1.807) is 25.1 Å². The van der Waals surface area contributed by atoms with Gasteiger partial charge in [0.1, 0.15) is 11.8 Å². The Labute approximate surface area is 218 Å². The molecule has 3 aromatic rings. The third-order valence-corrected chi connectivity index (χ3v) is 8.07. The van der Waals surface area contributed by atoms with Crippen molar-refractivity contribution in [3.05, 3.63) is 63.4 Å². The lowest BCUT2D eigenvalue weighted by Crippen LogP contribution is -2.42. The number of carbonyl (C=O) groups excluding carboxylic acids is 2. The molecule has 4 N–H and O–H groups in total. The van der Waals surface area contributed by atoms with Gasteiger partial charge in [-0.1, -0.05) is 23.2 Å². The molecular weight excluding hydrogens is 529 g/mol. The van der Waals surface area contributed by atoms with Crippen molar-refractivity contribution < 1.29 is 23.4 Å². The summed E-state index contributed by atoms with van der Waals surface area (Å²) in [6, 6.07) is 7.96. The summed E-state index contributed by atoms with van der Waals surface area (Å²) in [7, 11) is -2.62. The number of benzene rings is 1. The van der Waals surface area contributed by atoms with Crippen LogP contribution >= 0.6 is 33.8 Å². The molecule has 190 valence electrons. The molecule has 0 atom stereocenters. The molecule has 10 nitrogen and oxygen atoms in total. The average Bonchev–Trinajstić information content (AvgIpc) is 3.51. The molecule has 2 aliphatic rings. The van der Waals surface area contributed by atoms with E-state index in [9.17, 15) is 18.7 Å². The lowest BCUT2D eigenvalue weighted by atomic mass is 10.1. The van der Waals surface area contributed by atoms with E-state index in [1.165, 1.54) is 23.0 Å². The fraction of sp³-hybridized carbons (Fsp3) is 0.304. The molecule has 1 aromatic carbocycles. The summed E-state index contributed by atoms with van der Waals surface area (Å²) in [6.07, 6.45) is 2.90. The van der Waals surface area contributed by atoms with Gasteiger partial charge in [0.15, 0.2) is 5.82 Å². The summed E-state index contributed by atoms with van der Waals surface area (Å²) >= 11 is 12.5. The van der Waals surface area contributed by atoms with Crippen LogP contribution in [-0.2, 0) is 0 Å². The molecule has 13 heteroatoms. The molecule has 2 aromatic heterocycles. The van der Waals surface area contributed by atoms with Crippen molar-refractivity contribution >= 4 is 51.3 Å². The number of hydrogen-bond acceptors (Lipinski definition) is 7. The van der Waals surface area contributed by atoms with Gasteiger partial charge in [0.05, 0.1) is 27.8 Å². The maximum atomic E-state index is 13.5. The van der Waals surface area contributed by atoms with Gasteiger partial charge in [-0.2, -0.15) is 10.6 Å². The maximum absolute atomic E-state index is 13.5. The number of hydrogen-bond donors (Lipinski definition) is 4. The molecule has 1 saturated carbocycles. The van der Waals surface area contributed by atoms with Crippen LogP contribution in [0.25, 0.3) is 5.82 Å². The van der Waals surface area contributed by atoms with Gasteiger partial charge < -0.3 is 15.4 Å². The van der Waals surface area contributed by atoms with Gasteiger partial charge in [-0.05, 0) is 49.6 Å². The molecule has 1 aliphatic heterocycles. The Balaban J connectivity index is 1.48. The zero-order valence-corrected chi connectivity index (χ0v) is 21.4. The molecule has 1 aliphatic carbocycles. The molecule has 2 fully saturated rings. The Bertz CT molecular complexity index is 1350. The number of halogens is 2. The van der Waals surface area contributed by atoms with E-state index in [-0.39, 0.29) is 51.4 Å². The number of carbonyl (C=O) groups is 2. The highest BCUT2D eigenvalue weighted by Gasteiger charge is 2.36. The van der Waals surface area contributed by atoms with E-state index in [1.807, 2.05) is 0 Å². The number of anilines is 1. The zero-order valence-electron chi connectivity index (χ0n) is 19.1. The van der Waals surface area contributed by atoms with Crippen molar-refractivity contribution in [2.45, 2.75) is 31.9 Å². The minimum atomic E-state index is -2.62. The van der Waals surface area contributed by atoms with Crippen LogP contribution in [0.4, 0.5) is 5.69 Å². The predicted molar refractivity (Wildman–Crippen MR) is 138 cm³/mol. The minimum absolute atomic E-state index is 0.0550. The highest BCUT2D eigenvalue weighted by molar-refractivity contribution is 8.25. The normalized spacial score (nSPS) is 17.7. The Hall–Kier alpha value is -2.83. The smallest absolute Gasteiger partial charge is 0.274 e. The first kappa shape index (κ1) is 24.8. The van der Waals surface area contributed by atoms with Crippen LogP contribution < -0.4 is 15.4 Å². The molecule has 1 saturated heterocycles. The van der Waals surface area contributed by atoms with Crippen molar-refractivity contribution in [3.8, 4) is 11.7 Å². The predicted octanol–water partition coefficient (Wildman–Crippen LogP) is 4.54. The zero-order chi connectivity index (χ0) is 25.6. The standard InChI is InChI=1S/C23H23Cl2N5O5S/c1-12-7-13(24)8-16(22(31)27-14-4-5-14)20(12)28-23(32)18-9-19(35-15-10-36(33,34)11-15)29-30(18)21-17(25)3-2-6-26-21/h2-3,6-9,14-15,33-34H,4-5,10-11H2,1H3,(H,27,31)(H,28,32). The number of pyridine rings is 1. The van der Waals surface area contributed by atoms with Crippen molar-refractivity contribution in [1.29, 1.82) is 0 Å². The van der Waals surface area contributed by atoms with Gasteiger partial charge in [0.2, 0.25) is 5.88 Å². The summed E-state index contributed by atoms with van der Waals surface area (Å²) < 4.78 is 26.3. The summed E-state index contributed by atoms with van der Waals surface area (Å²) in [5.74, 6) is -0.418. The second-order valence-electron chi connectivity index (χ2n) is 8.81. The van der Waals surface area contributed by atoms with Crippen LogP contribution in [0, 0.1) is 6.92 Å². The topological polar surface area (TPSA) is 139 Å². The molecule has 0 bridgehead atoms. The summed E-state index contributed by atoms with van der Waals surface area (Å²) in [4.78, 5) is 30.6. The molecule has 3 heterocycles. The fourth-order valence-corrected chi connectivity index (χ4v) is 5.52. The molecule has 0 spiro atoms. The summed E-state index contributed by atoms with van der Waals surface area (Å²) in [5, 5.41) is 10.7. The second kappa shape index (κ2) is 9.56. The quantitative estimate of drug-likeness (QED) is 0.338. The van der Waals surface area contributed by atoms with Gasteiger partial charge in [-0.25, -0.2) is 9.67 Å². The Morgan fingerprint density at radius 3 is 2.58 bits per heavy atom. The highest BCUT2D eigenvalue weighted by atomic mass is 35.5. The van der Waals surface area contributed by atoms with E-state index in [4.69, 9.17) is 27.9 Å². The number of amides is 2. The van der Waals surface area contributed by atoms with Crippen LogP contribution in [0.5, 0.6) is 5.88 Å². The average molecular weight is 552 g/mol. The molecule has 2 amide bonds. The van der Waals surface area contributed by atoms with Gasteiger partial charge in [0, 0.05) is 23.3 Å². The minimum Gasteiger partial charge on any atom is -0.470 e. The lowest BCUT2D eigenvalue weighted by molar-refractivity contribution is 0.0952. The van der Waals surface area contributed by atoms with Crippen LogP contribution in [0.3, 0.4) is 0 Å². The fourth-order valence-electron chi connectivity index (χ4n) is 3.82. The summed E-state index contributed by atoms with van der Waals surface area (Å²) in [5.41, 5.74) is 1.23. The van der Waals surface area contributed by atoms with Crippen LogP contribution in [0.2, 0.25) is 10.0 Å². The van der Waals surface area contributed by atoms with Crippen molar-refractivity contribution in [2.75, 3.05) is 16.8 Å². The molecule has 0 unspecified atom stereocenters. The number of aryl methyl sites for hydroxylation is 1. The van der Waals surface area contributed by atoms with Gasteiger partial charge >= 0.3 is 0 Å². The van der Waals surface area contributed by atoms with Crippen LogP contribution in [0.15, 0.2) is 36.5 Å². The molecule has 0 radical (unpaired) electrons. The van der Waals surface area contributed by atoms with Crippen LogP contribution in [-0.4, -0.2) is 59.3 Å². The van der Waals surface area contributed by atoms with Crippen LogP contribution in [0.1, 0.15) is 39.3 Å². The maximum Gasteiger partial charge on any atom is 0.274 e. The SMILES string of the molecule is Cc1cc(Cl)cc(C(=O)NC2CC2)c1NC(=O)c1cc(OC2CS(O)(O)C2)nn1-c1ncccc1Cl. The second-order valence-corrected chi connectivity index (χ2v) is 11.9. The molecule has 36 heavy (non-hydrogen) atoms. The van der Waals surface area contributed by atoms with Crippen molar-refractivity contribution in [3.63, 3.8) is 0 Å². The van der Waals surface area contributed by atoms with E-state index in [2.05, 4.69) is 20.7 Å². The first-order valence-corrected chi connectivity index (χ1v) is 13.8. The number of nitrogens with one attached hydrogen (secondary N) is 2. The summed E-state index contributed by atoms with van der Waals surface area (Å²) in [6.45, 7) is 1.74. The first-order valence-electron chi connectivity index (χ1n) is 11.1. The van der Waals surface area contributed by atoms with E-state index < -0.39 is 22.6 Å². The van der Waals surface area contributed by atoms with Crippen molar-refractivity contribution in [2.24, 2.45) is 0 Å². The highest BCUT2D eigenvalue weighted by Crippen LogP contribution is 2.49. The molecule has 5 rings (SSSR count). The number of ether oxygens (including phenoxy) is 1. The van der Waals surface area contributed by atoms with Gasteiger partial charge in [-0.15, -0.1) is 5.10 Å². The first-order chi connectivity index (χ1) is 17.1. The Morgan fingerprint density at radius 2 is 1.92 bits per heavy atom. The van der Waals surface area contributed by atoms with E-state index >= 15 is 0 Å².